The van der Waals surface area contributed by atoms with Crippen LogP contribution in [0, 0.1) is 0 Å². The summed E-state index contributed by atoms with van der Waals surface area (Å²) in [6.45, 7) is 2.64. The lowest BCUT2D eigenvalue weighted by molar-refractivity contribution is 0.119. The van der Waals surface area contributed by atoms with E-state index in [0.29, 0.717) is 13.0 Å². The smallest absolute Gasteiger partial charge is 0.147 e. The van der Waals surface area contributed by atoms with Gasteiger partial charge in [0, 0.05) is 25.6 Å². The topological polar surface area (TPSA) is 55.4 Å². The molecule has 0 saturated heterocycles. The first-order chi connectivity index (χ1) is 8.42. The Hall–Kier alpha value is -1.07. The molecule has 0 amide bonds. The van der Waals surface area contributed by atoms with Gasteiger partial charge in [0.05, 0.1) is 11.9 Å². The normalized spacial score (nSPS) is 13.3. The van der Waals surface area contributed by atoms with E-state index in [1.807, 2.05) is 31.2 Å². The van der Waals surface area contributed by atoms with E-state index in [2.05, 4.69) is 5.32 Å². The fraction of sp³-hybridized carbons (Fsp3) is 0.538. The third-order valence-corrected chi connectivity index (χ3v) is 3.76. The van der Waals surface area contributed by atoms with Gasteiger partial charge >= 0.3 is 0 Å². The minimum absolute atomic E-state index is 0.0581. The molecule has 1 rings (SSSR count). The summed E-state index contributed by atoms with van der Waals surface area (Å²) in [4.78, 5) is 0. The van der Waals surface area contributed by atoms with Crippen molar-refractivity contribution < 1.29 is 13.2 Å². The molecule has 18 heavy (non-hydrogen) atoms. The molecule has 0 aliphatic rings. The second kappa shape index (κ2) is 6.75. The Kier molecular flexibility index (Phi) is 5.62. The van der Waals surface area contributed by atoms with Crippen molar-refractivity contribution in [3.05, 3.63) is 29.8 Å². The van der Waals surface area contributed by atoms with Gasteiger partial charge in [0.15, 0.2) is 0 Å². The van der Waals surface area contributed by atoms with E-state index < -0.39 is 9.84 Å². The lowest BCUT2D eigenvalue weighted by Gasteiger charge is -2.12. The van der Waals surface area contributed by atoms with Crippen LogP contribution in [0.2, 0.25) is 0 Å². The van der Waals surface area contributed by atoms with Gasteiger partial charge in [-0.15, -0.1) is 0 Å². The highest BCUT2D eigenvalue weighted by Crippen LogP contribution is 2.19. The number of sulfone groups is 1. The van der Waals surface area contributed by atoms with Gasteiger partial charge in [-0.2, -0.15) is 0 Å². The fourth-order valence-electron chi connectivity index (χ4n) is 1.60. The Morgan fingerprint density at radius 1 is 1.39 bits per heavy atom. The van der Waals surface area contributed by atoms with Crippen molar-refractivity contribution >= 4 is 15.5 Å². The van der Waals surface area contributed by atoms with Crippen molar-refractivity contribution in [3.8, 4) is 0 Å². The molecule has 1 aromatic carbocycles. The lowest BCUT2D eigenvalue weighted by Crippen LogP contribution is -2.10. The first kappa shape index (κ1) is 15.0. The molecule has 0 fully saturated rings. The van der Waals surface area contributed by atoms with Crippen LogP contribution in [0.25, 0.3) is 0 Å². The van der Waals surface area contributed by atoms with E-state index in [1.54, 1.807) is 7.11 Å². The van der Waals surface area contributed by atoms with Gasteiger partial charge in [0.2, 0.25) is 0 Å². The Balaban J connectivity index is 2.48. The Bertz CT molecular complexity index is 471. The van der Waals surface area contributed by atoms with Gasteiger partial charge in [-0.05, 0) is 31.0 Å². The molecule has 4 nitrogen and oxygen atoms in total. The minimum atomic E-state index is -2.86. The van der Waals surface area contributed by atoms with Crippen molar-refractivity contribution in [1.82, 2.24) is 0 Å². The SMILES string of the molecule is CO[C@H](C)c1cccc(NCCCS(C)(=O)=O)c1. The molecular formula is C13H21NO3S. The number of benzene rings is 1. The van der Waals surface area contributed by atoms with Crippen LogP contribution in [-0.4, -0.2) is 34.1 Å². The molecule has 1 N–H and O–H groups in total. The maximum Gasteiger partial charge on any atom is 0.147 e. The molecular weight excluding hydrogens is 250 g/mol. The predicted molar refractivity (Wildman–Crippen MR) is 74.7 cm³/mol. The van der Waals surface area contributed by atoms with E-state index in [1.165, 1.54) is 6.26 Å². The van der Waals surface area contributed by atoms with E-state index in [4.69, 9.17) is 4.74 Å². The van der Waals surface area contributed by atoms with Crippen LogP contribution in [0.1, 0.15) is 25.0 Å². The van der Waals surface area contributed by atoms with Gasteiger partial charge in [0.1, 0.15) is 9.84 Å². The van der Waals surface area contributed by atoms with Crippen LogP contribution in [0.3, 0.4) is 0 Å². The van der Waals surface area contributed by atoms with Gasteiger partial charge in [-0.1, -0.05) is 12.1 Å². The second-order valence-electron chi connectivity index (χ2n) is 4.41. The van der Waals surface area contributed by atoms with Crippen LogP contribution in [0.4, 0.5) is 5.69 Å². The number of ether oxygens (including phenoxy) is 1. The van der Waals surface area contributed by atoms with Crippen molar-refractivity contribution in [2.75, 3.05) is 31.0 Å². The molecule has 1 atom stereocenters. The standard InChI is InChI=1S/C13H21NO3S/c1-11(17-2)12-6-4-7-13(10-12)14-8-5-9-18(3,15)16/h4,6-7,10-11,14H,5,8-9H2,1-3H3/t11-/m1/s1. The van der Waals surface area contributed by atoms with Crippen molar-refractivity contribution in [2.45, 2.75) is 19.4 Å². The molecule has 1 aromatic rings. The monoisotopic (exact) mass is 271 g/mol. The molecule has 5 heteroatoms. The highest BCUT2D eigenvalue weighted by Gasteiger charge is 2.04. The number of hydrogen-bond acceptors (Lipinski definition) is 4. The Morgan fingerprint density at radius 2 is 2.11 bits per heavy atom. The summed E-state index contributed by atoms with van der Waals surface area (Å²) in [5, 5.41) is 3.22. The largest absolute Gasteiger partial charge is 0.385 e. The highest BCUT2D eigenvalue weighted by molar-refractivity contribution is 7.90. The van der Waals surface area contributed by atoms with E-state index in [0.717, 1.165) is 11.3 Å². The van der Waals surface area contributed by atoms with E-state index >= 15 is 0 Å². The summed E-state index contributed by atoms with van der Waals surface area (Å²) in [7, 11) is -1.19. The minimum Gasteiger partial charge on any atom is -0.385 e. The molecule has 0 aliphatic carbocycles. The van der Waals surface area contributed by atoms with Gasteiger partial charge in [0.25, 0.3) is 0 Å². The summed E-state index contributed by atoms with van der Waals surface area (Å²) in [6, 6.07) is 7.96. The molecule has 0 aromatic heterocycles. The summed E-state index contributed by atoms with van der Waals surface area (Å²) in [5.41, 5.74) is 2.09. The quantitative estimate of drug-likeness (QED) is 0.773. The third-order valence-electron chi connectivity index (χ3n) is 2.73. The molecule has 0 radical (unpaired) electrons. The lowest BCUT2D eigenvalue weighted by atomic mass is 10.1. The average molecular weight is 271 g/mol. The molecule has 0 unspecified atom stereocenters. The molecule has 0 bridgehead atoms. The van der Waals surface area contributed by atoms with Crippen LogP contribution in [0.5, 0.6) is 0 Å². The van der Waals surface area contributed by atoms with Gasteiger partial charge in [-0.25, -0.2) is 8.42 Å². The van der Waals surface area contributed by atoms with Crippen LogP contribution in [0.15, 0.2) is 24.3 Å². The zero-order chi connectivity index (χ0) is 13.6. The van der Waals surface area contributed by atoms with Gasteiger partial charge < -0.3 is 10.1 Å². The Morgan fingerprint density at radius 3 is 2.72 bits per heavy atom. The summed E-state index contributed by atoms with van der Waals surface area (Å²) < 4.78 is 27.2. The maximum absolute atomic E-state index is 11.0. The van der Waals surface area contributed by atoms with Crippen LogP contribution >= 0.6 is 0 Å². The number of methoxy groups -OCH3 is 1. The highest BCUT2D eigenvalue weighted by atomic mass is 32.2. The van der Waals surface area contributed by atoms with E-state index in [-0.39, 0.29) is 11.9 Å². The zero-order valence-electron chi connectivity index (χ0n) is 11.1. The van der Waals surface area contributed by atoms with Crippen LogP contribution in [-0.2, 0) is 14.6 Å². The van der Waals surface area contributed by atoms with E-state index in [9.17, 15) is 8.42 Å². The summed E-state index contributed by atoms with van der Waals surface area (Å²) in [5.74, 6) is 0.216. The zero-order valence-corrected chi connectivity index (χ0v) is 12.0. The fourth-order valence-corrected chi connectivity index (χ4v) is 2.27. The molecule has 102 valence electrons. The first-order valence-corrected chi connectivity index (χ1v) is 8.03. The Labute approximate surface area is 109 Å². The predicted octanol–water partition coefficient (Wildman–Crippen LogP) is 2.24. The first-order valence-electron chi connectivity index (χ1n) is 5.97. The molecule has 0 spiro atoms. The number of rotatable bonds is 7. The maximum atomic E-state index is 11.0. The van der Waals surface area contributed by atoms with Crippen molar-refractivity contribution in [1.29, 1.82) is 0 Å². The van der Waals surface area contributed by atoms with Crippen LogP contribution < -0.4 is 5.32 Å². The summed E-state index contributed by atoms with van der Waals surface area (Å²) >= 11 is 0. The number of anilines is 1. The third kappa shape index (κ3) is 5.51. The van der Waals surface area contributed by atoms with Gasteiger partial charge in [-0.3, -0.25) is 0 Å². The van der Waals surface area contributed by atoms with Crippen molar-refractivity contribution in [3.63, 3.8) is 0 Å². The molecule has 0 heterocycles. The molecule has 0 saturated carbocycles. The number of hydrogen-bond donors (Lipinski definition) is 1. The summed E-state index contributed by atoms with van der Waals surface area (Å²) in [6.07, 6.45) is 1.93. The van der Waals surface area contributed by atoms with Crippen molar-refractivity contribution in [2.24, 2.45) is 0 Å². The second-order valence-corrected chi connectivity index (χ2v) is 6.67. The number of nitrogens with one attached hydrogen (secondary N) is 1. The average Bonchev–Trinajstić information content (AvgIpc) is 2.33. The molecule has 0 aliphatic heterocycles.